The van der Waals surface area contributed by atoms with E-state index in [0.717, 1.165) is 18.9 Å². The average molecular weight is 477 g/mol. The van der Waals surface area contributed by atoms with E-state index in [-0.39, 0.29) is 28.0 Å². The van der Waals surface area contributed by atoms with Gasteiger partial charge in [0, 0.05) is 32.9 Å². The van der Waals surface area contributed by atoms with Gasteiger partial charge in [0.15, 0.2) is 0 Å². The van der Waals surface area contributed by atoms with Gasteiger partial charge in [-0.1, -0.05) is 0 Å². The number of aryl methyl sites for hydroxylation is 1. The van der Waals surface area contributed by atoms with E-state index in [4.69, 9.17) is 9.47 Å². The van der Waals surface area contributed by atoms with Gasteiger partial charge in [-0.25, -0.2) is 13.2 Å². The molecule has 0 saturated carbocycles. The predicted molar refractivity (Wildman–Crippen MR) is 122 cm³/mol. The van der Waals surface area contributed by atoms with Gasteiger partial charge in [0.2, 0.25) is 0 Å². The number of nitrogens with one attached hydrogen (secondary N) is 1. The van der Waals surface area contributed by atoms with Crippen molar-refractivity contribution in [1.29, 1.82) is 0 Å². The largest absolute Gasteiger partial charge is 0.492 e. The molecular formula is C23H28N2O7S. The molecule has 33 heavy (non-hydrogen) atoms. The number of benzene rings is 2. The maximum Gasteiger partial charge on any atom is 0.339 e. The van der Waals surface area contributed by atoms with Crippen LogP contribution in [0.5, 0.6) is 5.75 Å². The molecule has 0 bridgehead atoms. The van der Waals surface area contributed by atoms with Crippen LogP contribution in [0.1, 0.15) is 39.1 Å². The Balaban J connectivity index is 1.80. The fourth-order valence-electron chi connectivity index (χ4n) is 3.46. The molecule has 0 atom stereocenters. The highest BCUT2D eigenvalue weighted by atomic mass is 32.2. The molecule has 0 radical (unpaired) electrons. The molecule has 2 aromatic rings. The van der Waals surface area contributed by atoms with Crippen LogP contribution >= 0.6 is 0 Å². The molecule has 1 aliphatic heterocycles. The highest BCUT2D eigenvalue weighted by molar-refractivity contribution is 7.92. The molecule has 3 rings (SSSR count). The number of nitrogens with zero attached hydrogens (tertiary/aromatic N) is 1. The van der Waals surface area contributed by atoms with Crippen molar-refractivity contribution >= 4 is 27.6 Å². The topological polar surface area (TPSA) is 122 Å². The molecule has 1 aliphatic rings. The first-order chi connectivity index (χ1) is 15.6. The van der Waals surface area contributed by atoms with E-state index >= 15 is 0 Å². The zero-order valence-corrected chi connectivity index (χ0v) is 19.6. The first-order valence-electron chi connectivity index (χ1n) is 10.5. The maximum absolute atomic E-state index is 12.9. The highest BCUT2D eigenvalue weighted by Gasteiger charge is 2.22. The number of ether oxygens (including phenoxy) is 2. The van der Waals surface area contributed by atoms with Crippen LogP contribution in [0.2, 0.25) is 0 Å². The van der Waals surface area contributed by atoms with Gasteiger partial charge in [-0.3, -0.25) is 9.52 Å². The summed E-state index contributed by atoms with van der Waals surface area (Å²) >= 11 is 0. The number of sulfonamides is 1. The van der Waals surface area contributed by atoms with E-state index in [2.05, 4.69) is 4.72 Å². The van der Waals surface area contributed by atoms with Crippen LogP contribution in [0.25, 0.3) is 0 Å². The number of aromatic carboxylic acids is 1. The third kappa shape index (κ3) is 6.02. The van der Waals surface area contributed by atoms with Crippen molar-refractivity contribution in [3.63, 3.8) is 0 Å². The lowest BCUT2D eigenvalue weighted by atomic mass is 10.0. The van der Waals surface area contributed by atoms with Gasteiger partial charge in [-0.15, -0.1) is 0 Å². The lowest BCUT2D eigenvalue weighted by Gasteiger charge is -2.22. The third-order valence-corrected chi connectivity index (χ3v) is 6.79. The van der Waals surface area contributed by atoms with Crippen LogP contribution in [0, 0.1) is 12.8 Å². The number of carbonyl (C=O) groups is 2. The van der Waals surface area contributed by atoms with Crippen LogP contribution in [-0.4, -0.2) is 64.2 Å². The Morgan fingerprint density at radius 1 is 1.15 bits per heavy atom. The maximum atomic E-state index is 12.9. The summed E-state index contributed by atoms with van der Waals surface area (Å²) in [7, 11) is -0.814. The van der Waals surface area contributed by atoms with Crippen molar-refractivity contribution in [2.24, 2.45) is 5.92 Å². The summed E-state index contributed by atoms with van der Waals surface area (Å²) in [6.45, 7) is 3.31. The van der Waals surface area contributed by atoms with Gasteiger partial charge in [0.05, 0.1) is 17.2 Å². The van der Waals surface area contributed by atoms with Crippen LogP contribution in [0.3, 0.4) is 0 Å². The number of hydrogen-bond acceptors (Lipinski definition) is 6. The molecular weight excluding hydrogens is 448 g/mol. The summed E-state index contributed by atoms with van der Waals surface area (Å²) < 4.78 is 39.4. The summed E-state index contributed by atoms with van der Waals surface area (Å²) in [5, 5.41) is 9.60. The summed E-state index contributed by atoms with van der Waals surface area (Å²) in [4.78, 5) is 25.1. The van der Waals surface area contributed by atoms with Crippen LogP contribution in [0.4, 0.5) is 5.69 Å². The number of carbonyl (C=O) groups excluding carboxylic acids is 1. The Bertz CT molecular complexity index is 1140. The number of anilines is 1. The second kappa shape index (κ2) is 10.2. The number of carboxylic acid groups (broad SMARTS) is 1. The first kappa shape index (κ1) is 24.5. The van der Waals surface area contributed by atoms with E-state index in [9.17, 15) is 23.1 Å². The molecule has 0 unspecified atom stereocenters. The van der Waals surface area contributed by atoms with Crippen molar-refractivity contribution in [1.82, 2.24) is 4.90 Å². The van der Waals surface area contributed by atoms with Crippen molar-refractivity contribution < 1.29 is 32.6 Å². The number of rotatable bonds is 8. The summed E-state index contributed by atoms with van der Waals surface area (Å²) in [5.74, 6) is -1.10. The average Bonchev–Trinajstić information content (AvgIpc) is 2.78. The smallest absolute Gasteiger partial charge is 0.339 e. The van der Waals surface area contributed by atoms with Crippen molar-refractivity contribution in [2.45, 2.75) is 24.7 Å². The molecule has 2 N–H and O–H groups in total. The fourth-order valence-corrected chi connectivity index (χ4v) is 4.62. The minimum atomic E-state index is -4.07. The fraction of sp³-hybridized carbons (Fsp3) is 0.391. The number of hydrogen-bond donors (Lipinski definition) is 2. The highest BCUT2D eigenvalue weighted by Crippen LogP contribution is 2.27. The molecule has 1 heterocycles. The molecule has 1 saturated heterocycles. The lowest BCUT2D eigenvalue weighted by molar-refractivity contribution is 0.0490. The van der Waals surface area contributed by atoms with Gasteiger partial charge in [0.1, 0.15) is 11.3 Å². The van der Waals surface area contributed by atoms with Gasteiger partial charge >= 0.3 is 5.97 Å². The van der Waals surface area contributed by atoms with Crippen LogP contribution in [0.15, 0.2) is 41.3 Å². The second-order valence-corrected chi connectivity index (χ2v) is 9.85. The quantitative estimate of drug-likeness (QED) is 0.600. The second-order valence-electron chi connectivity index (χ2n) is 8.16. The van der Waals surface area contributed by atoms with Crippen molar-refractivity contribution in [3.05, 3.63) is 53.1 Å². The molecule has 2 aromatic carbocycles. The molecule has 0 aliphatic carbocycles. The number of carboxylic acids is 1. The molecule has 0 spiro atoms. The standard InChI is InChI=1S/C23H28N2O7S/c1-15-12-17(22(26)25(2)3)4-6-20(15)24-33(29,30)18-5-7-21(19(13-18)23(27)28)32-14-16-8-10-31-11-9-16/h4-7,12-13,16,24H,8-11,14H2,1-3H3,(H,27,28). The summed E-state index contributed by atoms with van der Waals surface area (Å²) in [6.07, 6.45) is 1.66. The van der Waals surface area contributed by atoms with Gasteiger partial charge < -0.3 is 19.5 Å². The van der Waals surface area contributed by atoms with E-state index < -0.39 is 16.0 Å². The van der Waals surface area contributed by atoms with Gasteiger partial charge in [-0.05, 0) is 67.6 Å². The van der Waals surface area contributed by atoms with E-state index in [1.165, 1.54) is 29.2 Å². The Kier molecular flexibility index (Phi) is 7.60. The van der Waals surface area contributed by atoms with Crippen LogP contribution in [-0.2, 0) is 14.8 Å². The third-order valence-electron chi connectivity index (χ3n) is 5.43. The van der Waals surface area contributed by atoms with Crippen molar-refractivity contribution in [2.75, 3.05) is 38.6 Å². The first-order valence-corrected chi connectivity index (χ1v) is 12.0. The molecule has 9 nitrogen and oxygen atoms in total. The molecule has 10 heteroatoms. The van der Waals surface area contributed by atoms with E-state index in [0.29, 0.717) is 36.6 Å². The zero-order valence-electron chi connectivity index (χ0n) is 18.8. The Labute approximate surface area is 193 Å². The SMILES string of the molecule is Cc1cc(C(=O)N(C)C)ccc1NS(=O)(=O)c1ccc(OCC2CCOCC2)c(C(=O)O)c1. The Morgan fingerprint density at radius 3 is 2.45 bits per heavy atom. The molecule has 0 aromatic heterocycles. The molecule has 178 valence electrons. The summed E-state index contributed by atoms with van der Waals surface area (Å²) in [5.41, 5.74) is 1.05. The normalized spacial score (nSPS) is 14.5. The minimum Gasteiger partial charge on any atom is -0.492 e. The molecule has 1 fully saturated rings. The summed E-state index contributed by atoms with van der Waals surface area (Å²) in [6, 6.07) is 8.39. The van der Waals surface area contributed by atoms with Gasteiger partial charge in [-0.2, -0.15) is 0 Å². The minimum absolute atomic E-state index is 0.121. The van der Waals surface area contributed by atoms with E-state index in [1.807, 2.05) is 0 Å². The lowest BCUT2D eigenvalue weighted by Crippen LogP contribution is -2.22. The van der Waals surface area contributed by atoms with Crippen LogP contribution < -0.4 is 9.46 Å². The molecule has 1 amide bonds. The number of amides is 1. The monoisotopic (exact) mass is 476 g/mol. The Hall–Kier alpha value is -3.11. The van der Waals surface area contributed by atoms with Crippen molar-refractivity contribution in [3.8, 4) is 5.75 Å². The van der Waals surface area contributed by atoms with E-state index in [1.54, 1.807) is 27.1 Å². The Morgan fingerprint density at radius 2 is 1.85 bits per heavy atom. The zero-order chi connectivity index (χ0) is 24.2. The van der Waals surface area contributed by atoms with Gasteiger partial charge in [0.25, 0.3) is 15.9 Å². The predicted octanol–water partition coefficient (Wildman–Crippen LogP) is 3.00.